The fraction of sp³-hybridized carbons (Fsp3) is 0.698. The van der Waals surface area contributed by atoms with Crippen molar-refractivity contribution < 1.29 is 100.0 Å². The highest BCUT2D eigenvalue weighted by molar-refractivity contribution is 5.78. The SMILES string of the molecule is O=C(O)CN1CCN(CC(=O)O)CCN(C(CCC(=O)NCCOCCOCCOCCOCCOCCNC(=O)CCCCC(=O)Oc2c(F)c(F)cc(F)c2F)C(=O)O)CCN(CC(=O)O)CC1. The highest BCUT2D eigenvalue weighted by Crippen LogP contribution is 2.27. The molecule has 27 heteroatoms. The summed E-state index contributed by atoms with van der Waals surface area (Å²) in [5, 5.41) is 43.7. The van der Waals surface area contributed by atoms with Crippen LogP contribution in [0.15, 0.2) is 6.07 Å². The molecule has 1 aromatic rings. The van der Waals surface area contributed by atoms with E-state index < -0.39 is 70.8 Å². The molecule has 70 heavy (non-hydrogen) atoms. The van der Waals surface area contributed by atoms with Crippen LogP contribution in [0.3, 0.4) is 0 Å². The van der Waals surface area contributed by atoms with Crippen LogP contribution >= 0.6 is 0 Å². The maximum Gasteiger partial charge on any atom is 0.320 e. The maximum absolute atomic E-state index is 13.6. The van der Waals surface area contributed by atoms with Gasteiger partial charge in [0.1, 0.15) is 6.04 Å². The molecule has 0 aromatic heterocycles. The number of hydrogen-bond acceptors (Lipinski definition) is 17. The minimum Gasteiger partial charge on any atom is -0.480 e. The molecule has 2 rings (SSSR count). The second kappa shape index (κ2) is 35.9. The van der Waals surface area contributed by atoms with Gasteiger partial charge in [-0.2, -0.15) is 8.78 Å². The van der Waals surface area contributed by atoms with Gasteiger partial charge in [0.15, 0.2) is 11.6 Å². The molecule has 1 aromatic carbocycles. The van der Waals surface area contributed by atoms with Crippen LogP contribution in [-0.2, 0) is 57.2 Å². The monoisotopic (exact) mass is 1010 g/mol. The Morgan fingerprint density at radius 1 is 0.514 bits per heavy atom. The van der Waals surface area contributed by atoms with Crippen LogP contribution < -0.4 is 15.4 Å². The molecule has 1 fully saturated rings. The summed E-state index contributed by atoms with van der Waals surface area (Å²) in [6.07, 6.45) is -0.137. The number of ether oxygens (including phenoxy) is 6. The van der Waals surface area contributed by atoms with Gasteiger partial charge in [0.05, 0.1) is 85.7 Å². The number of carbonyl (C=O) groups excluding carboxylic acids is 3. The number of unbranched alkanes of at least 4 members (excludes halogenated alkanes) is 1. The number of hydrogen-bond donors (Lipinski definition) is 6. The van der Waals surface area contributed by atoms with Crippen LogP contribution in [0.25, 0.3) is 0 Å². The van der Waals surface area contributed by atoms with Crippen LogP contribution in [0.4, 0.5) is 17.6 Å². The molecule has 6 N–H and O–H groups in total. The largest absolute Gasteiger partial charge is 0.480 e. The number of nitrogens with one attached hydrogen (secondary N) is 2. The van der Waals surface area contributed by atoms with Gasteiger partial charge in [-0.25, -0.2) is 8.78 Å². The smallest absolute Gasteiger partial charge is 0.320 e. The first-order valence-corrected chi connectivity index (χ1v) is 22.7. The lowest BCUT2D eigenvalue weighted by molar-refractivity contribution is -0.145. The van der Waals surface area contributed by atoms with Crippen LogP contribution in [0.5, 0.6) is 5.75 Å². The van der Waals surface area contributed by atoms with E-state index in [1.165, 1.54) is 0 Å². The van der Waals surface area contributed by atoms with E-state index >= 15 is 0 Å². The summed E-state index contributed by atoms with van der Waals surface area (Å²) in [4.78, 5) is 89.7. The molecular weight excluding hydrogens is 948 g/mol. The van der Waals surface area contributed by atoms with Crippen molar-refractivity contribution in [1.29, 1.82) is 0 Å². The predicted molar refractivity (Wildman–Crippen MR) is 235 cm³/mol. The standard InChI is InChI=1S/C43H66F4N6O17/c44-31-27-32(45)41(47)42(40(31)46)70-39(62)4-2-1-3-34(54)48-7-17-65-19-21-67-23-25-69-26-24-68-22-20-66-18-8-49-35(55)6-5-33(43(63)64)53-15-13-51(29-37(58)59)11-9-50(28-36(56)57)10-12-52(14-16-53)30-38(60)61/h27,33H,1-26,28-30H2,(H,48,54)(H,49,55)(H,56,57)(H,58,59)(H,60,61)(H,63,64). The Balaban J connectivity index is 1.50. The first-order chi connectivity index (χ1) is 33.5. The number of carbonyl (C=O) groups is 7. The molecule has 0 spiro atoms. The van der Waals surface area contributed by atoms with Gasteiger partial charge < -0.3 is 59.5 Å². The van der Waals surface area contributed by atoms with Crippen molar-refractivity contribution in [3.63, 3.8) is 0 Å². The third-order valence-corrected chi connectivity index (χ3v) is 10.3. The Kier molecular flexibility index (Phi) is 31.3. The molecule has 1 heterocycles. The van der Waals surface area contributed by atoms with Gasteiger partial charge in [-0.1, -0.05) is 0 Å². The van der Waals surface area contributed by atoms with E-state index in [0.29, 0.717) is 26.4 Å². The molecule has 0 aliphatic carbocycles. The third kappa shape index (κ3) is 27.9. The zero-order valence-electron chi connectivity index (χ0n) is 39.1. The summed E-state index contributed by atoms with van der Waals surface area (Å²) in [6, 6.07) is -1.14. The average molecular weight is 1020 g/mol. The molecule has 0 saturated carbocycles. The highest BCUT2D eigenvalue weighted by Gasteiger charge is 2.29. The number of carboxylic acids is 4. The van der Waals surface area contributed by atoms with Crippen molar-refractivity contribution in [2.75, 3.05) is 151 Å². The summed E-state index contributed by atoms with van der Waals surface area (Å²) in [7, 11) is 0. The lowest BCUT2D eigenvalue weighted by Crippen LogP contribution is -2.52. The van der Waals surface area contributed by atoms with Crippen molar-refractivity contribution in [3.8, 4) is 5.75 Å². The van der Waals surface area contributed by atoms with Crippen LogP contribution in [0.2, 0.25) is 0 Å². The van der Waals surface area contributed by atoms with E-state index in [-0.39, 0.29) is 175 Å². The molecule has 1 aliphatic heterocycles. The second-order valence-electron chi connectivity index (χ2n) is 15.7. The first kappa shape index (κ1) is 61.0. The Hall–Kier alpha value is -5.13. The minimum atomic E-state index is -1.82. The van der Waals surface area contributed by atoms with Crippen molar-refractivity contribution >= 4 is 41.7 Å². The third-order valence-electron chi connectivity index (χ3n) is 10.3. The Morgan fingerprint density at radius 3 is 1.26 bits per heavy atom. The molecule has 0 bridgehead atoms. The van der Waals surface area contributed by atoms with Gasteiger partial charge in [-0.3, -0.25) is 53.2 Å². The lowest BCUT2D eigenvalue weighted by atomic mass is 10.1. The number of carboxylic acid groups (broad SMARTS) is 4. The van der Waals surface area contributed by atoms with E-state index in [0.717, 1.165) is 0 Å². The van der Waals surface area contributed by atoms with E-state index in [1.807, 2.05) is 0 Å². The van der Waals surface area contributed by atoms with Gasteiger partial charge in [0.2, 0.25) is 29.2 Å². The zero-order valence-corrected chi connectivity index (χ0v) is 39.1. The molecule has 2 amide bonds. The number of rotatable bonds is 35. The van der Waals surface area contributed by atoms with E-state index in [4.69, 9.17) is 23.7 Å². The van der Waals surface area contributed by atoms with Crippen LogP contribution in [0.1, 0.15) is 38.5 Å². The molecule has 23 nitrogen and oxygen atoms in total. The molecular formula is C43H66F4N6O17. The molecule has 0 radical (unpaired) electrons. The van der Waals surface area contributed by atoms with Crippen LogP contribution in [0, 0.1) is 23.3 Å². The van der Waals surface area contributed by atoms with Crippen molar-refractivity contribution in [2.45, 2.75) is 44.6 Å². The summed E-state index contributed by atoms with van der Waals surface area (Å²) in [6.45, 7) is 3.21. The number of amides is 2. The number of nitrogens with zero attached hydrogens (tertiary/aromatic N) is 4. The van der Waals surface area contributed by atoms with E-state index in [9.17, 15) is 71.5 Å². The molecule has 398 valence electrons. The summed E-state index contributed by atoms with van der Waals surface area (Å²) >= 11 is 0. The normalized spacial score (nSPS) is 15.1. The highest BCUT2D eigenvalue weighted by atomic mass is 19.2. The van der Waals surface area contributed by atoms with E-state index in [1.54, 1.807) is 19.6 Å². The van der Waals surface area contributed by atoms with Gasteiger partial charge in [0.25, 0.3) is 0 Å². The maximum atomic E-state index is 13.6. The minimum absolute atomic E-state index is 0.00485. The van der Waals surface area contributed by atoms with Crippen molar-refractivity contribution in [3.05, 3.63) is 29.3 Å². The summed E-state index contributed by atoms with van der Waals surface area (Å²) in [5.74, 6) is -14.9. The fourth-order valence-corrected chi connectivity index (χ4v) is 6.69. The van der Waals surface area contributed by atoms with Gasteiger partial charge in [-0.15, -0.1) is 0 Å². The fourth-order valence-electron chi connectivity index (χ4n) is 6.69. The van der Waals surface area contributed by atoms with Crippen LogP contribution in [-0.4, -0.2) is 239 Å². The van der Waals surface area contributed by atoms with Crippen molar-refractivity contribution in [2.24, 2.45) is 0 Å². The number of benzene rings is 1. The van der Waals surface area contributed by atoms with Gasteiger partial charge >= 0.3 is 29.8 Å². The van der Waals surface area contributed by atoms with Gasteiger partial charge in [-0.05, 0) is 19.3 Å². The molecule has 1 unspecified atom stereocenters. The lowest BCUT2D eigenvalue weighted by Gasteiger charge is -2.35. The van der Waals surface area contributed by atoms with Gasteiger partial charge in [0, 0.05) is 90.8 Å². The number of aliphatic carboxylic acids is 4. The summed E-state index contributed by atoms with van der Waals surface area (Å²) < 4.78 is 85.3. The van der Waals surface area contributed by atoms with E-state index in [2.05, 4.69) is 15.4 Å². The number of esters is 1. The molecule has 1 atom stereocenters. The average Bonchev–Trinajstić information content (AvgIpc) is 3.29. The molecule has 1 aliphatic rings. The number of halogens is 4. The second-order valence-corrected chi connectivity index (χ2v) is 15.7. The first-order valence-electron chi connectivity index (χ1n) is 22.7. The Labute approximate surface area is 402 Å². The predicted octanol–water partition coefficient (Wildman–Crippen LogP) is -0.267. The zero-order chi connectivity index (χ0) is 51.7. The van der Waals surface area contributed by atoms with Crippen molar-refractivity contribution in [1.82, 2.24) is 30.2 Å². The molecule has 1 saturated heterocycles. The Bertz CT molecular complexity index is 1730. The topological polar surface area (TPSA) is 293 Å². The quantitative estimate of drug-likeness (QED) is 0.0168. The summed E-state index contributed by atoms with van der Waals surface area (Å²) in [5.41, 5.74) is 0. The Morgan fingerprint density at radius 2 is 0.871 bits per heavy atom.